The summed E-state index contributed by atoms with van der Waals surface area (Å²) in [6.07, 6.45) is -0.850. The number of fused-ring (bicyclic) bond motifs is 1. The largest absolute Gasteiger partial charge is 0.387 e. The molecule has 2 N–H and O–H groups in total. The van der Waals surface area contributed by atoms with Crippen molar-refractivity contribution in [2.45, 2.75) is 6.10 Å². The first-order valence-corrected chi connectivity index (χ1v) is 7.53. The highest BCUT2D eigenvalue weighted by Crippen LogP contribution is 2.21. The number of benzene rings is 2. The maximum atomic E-state index is 12.2. The maximum absolute atomic E-state index is 12.2. The van der Waals surface area contributed by atoms with E-state index in [4.69, 9.17) is 0 Å². The molecular formula is C18H16N2O4. The van der Waals surface area contributed by atoms with Crippen molar-refractivity contribution in [1.29, 1.82) is 0 Å². The minimum absolute atomic E-state index is 0.00597. The van der Waals surface area contributed by atoms with Crippen LogP contribution < -0.4 is 5.32 Å². The first-order chi connectivity index (χ1) is 11.6. The van der Waals surface area contributed by atoms with Crippen molar-refractivity contribution in [1.82, 2.24) is 10.2 Å². The van der Waals surface area contributed by atoms with Crippen LogP contribution in [-0.4, -0.2) is 40.8 Å². The number of nitrogens with zero attached hydrogens (tertiary/aromatic N) is 1. The van der Waals surface area contributed by atoms with Crippen molar-refractivity contribution in [2.24, 2.45) is 0 Å². The molecule has 0 radical (unpaired) electrons. The number of aliphatic hydroxyl groups is 1. The molecule has 2 aromatic rings. The van der Waals surface area contributed by atoms with Crippen LogP contribution in [0.15, 0.2) is 54.6 Å². The Bertz CT molecular complexity index is 754. The molecule has 1 heterocycles. The minimum Gasteiger partial charge on any atom is -0.387 e. The van der Waals surface area contributed by atoms with Gasteiger partial charge in [-0.2, -0.15) is 0 Å². The van der Waals surface area contributed by atoms with E-state index in [0.717, 1.165) is 4.90 Å². The van der Waals surface area contributed by atoms with Gasteiger partial charge in [0.1, 0.15) is 6.54 Å². The zero-order valence-corrected chi connectivity index (χ0v) is 12.8. The third kappa shape index (κ3) is 3.04. The Morgan fingerprint density at radius 1 is 0.958 bits per heavy atom. The van der Waals surface area contributed by atoms with Crippen LogP contribution in [0.25, 0.3) is 0 Å². The molecule has 2 aromatic carbocycles. The molecule has 6 heteroatoms. The van der Waals surface area contributed by atoms with Crippen molar-refractivity contribution in [3.8, 4) is 0 Å². The molecule has 1 aliphatic heterocycles. The molecule has 6 nitrogen and oxygen atoms in total. The molecule has 3 amide bonds. The Kier molecular flexibility index (Phi) is 4.39. The van der Waals surface area contributed by atoms with Crippen LogP contribution in [-0.2, 0) is 4.79 Å². The molecule has 0 spiro atoms. The van der Waals surface area contributed by atoms with Gasteiger partial charge in [0.25, 0.3) is 11.8 Å². The van der Waals surface area contributed by atoms with E-state index in [9.17, 15) is 19.5 Å². The molecule has 0 saturated carbocycles. The van der Waals surface area contributed by atoms with Gasteiger partial charge in [0, 0.05) is 6.54 Å². The molecule has 1 aliphatic rings. The standard InChI is InChI=1S/C18H16N2O4/c21-15(12-6-2-1-3-7-12)10-19-16(22)11-20-17(23)13-8-4-5-9-14(13)18(20)24/h1-9,15,21H,10-11H2,(H,19,22). The van der Waals surface area contributed by atoms with E-state index < -0.39 is 23.8 Å². The zero-order chi connectivity index (χ0) is 17.1. The van der Waals surface area contributed by atoms with E-state index in [-0.39, 0.29) is 13.1 Å². The van der Waals surface area contributed by atoms with Gasteiger partial charge in [0.2, 0.25) is 5.91 Å². The Morgan fingerprint density at radius 3 is 2.08 bits per heavy atom. The lowest BCUT2D eigenvalue weighted by atomic mass is 10.1. The number of amides is 3. The smallest absolute Gasteiger partial charge is 0.262 e. The maximum Gasteiger partial charge on any atom is 0.262 e. The van der Waals surface area contributed by atoms with E-state index in [1.165, 1.54) is 0 Å². The molecule has 122 valence electrons. The van der Waals surface area contributed by atoms with Gasteiger partial charge in [-0.25, -0.2) is 0 Å². The van der Waals surface area contributed by atoms with Gasteiger partial charge in [0.05, 0.1) is 17.2 Å². The second-order valence-corrected chi connectivity index (χ2v) is 5.47. The first-order valence-electron chi connectivity index (χ1n) is 7.53. The Morgan fingerprint density at radius 2 is 1.50 bits per heavy atom. The molecule has 0 fully saturated rings. The van der Waals surface area contributed by atoms with Crippen LogP contribution in [0, 0.1) is 0 Å². The van der Waals surface area contributed by atoms with Crippen molar-refractivity contribution in [3.05, 3.63) is 71.3 Å². The van der Waals surface area contributed by atoms with Gasteiger partial charge in [-0.1, -0.05) is 42.5 Å². The number of hydrogen-bond acceptors (Lipinski definition) is 4. The number of rotatable bonds is 5. The summed E-state index contributed by atoms with van der Waals surface area (Å²) in [7, 11) is 0. The lowest BCUT2D eigenvalue weighted by molar-refractivity contribution is -0.121. The quantitative estimate of drug-likeness (QED) is 0.807. The van der Waals surface area contributed by atoms with Gasteiger partial charge >= 0.3 is 0 Å². The van der Waals surface area contributed by atoms with E-state index in [2.05, 4.69) is 5.32 Å². The molecule has 24 heavy (non-hydrogen) atoms. The van der Waals surface area contributed by atoms with E-state index in [1.807, 2.05) is 6.07 Å². The summed E-state index contributed by atoms with van der Waals surface area (Å²) in [5, 5.41) is 12.6. The van der Waals surface area contributed by atoms with E-state index in [1.54, 1.807) is 48.5 Å². The third-order valence-corrected chi connectivity index (χ3v) is 3.86. The van der Waals surface area contributed by atoms with Gasteiger partial charge in [-0.15, -0.1) is 0 Å². The van der Waals surface area contributed by atoms with E-state index in [0.29, 0.717) is 16.7 Å². The normalized spacial score (nSPS) is 14.5. The highest BCUT2D eigenvalue weighted by molar-refractivity contribution is 6.22. The van der Waals surface area contributed by atoms with E-state index >= 15 is 0 Å². The van der Waals surface area contributed by atoms with Gasteiger partial charge in [-0.3, -0.25) is 19.3 Å². The summed E-state index contributed by atoms with van der Waals surface area (Å²) < 4.78 is 0. The lowest BCUT2D eigenvalue weighted by Gasteiger charge is -2.15. The Balaban J connectivity index is 1.58. The topological polar surface area (TPSA) is 86.7 Å². The molecule has 3 rings (SSSR count). The fraction of sp³-hybridized carbons (Fsp3) is 0.167. The summed E-state index contributed by atoms with van der Waals surface area (Å²) in [4.78, 5) is 37.3. The lowest BCUT2D eigenvalue weighted by Crippen LogP contribution is -2.41. The molecular weight excluding hydrogens is 308 g/mol. The summed E-state index contributed by atoms with van der Waals surface area (Å²) >= 11 is 0. The fourth-order valence-electron chi connectivity index (χ4n) is 2.59. The average Bonchev–Trinajstić information content (AvgIpc) is 2.86. The highest BCUT2D eigenvalue weighted by atomic mass is 16.3. The molecule has 0 aromatic heterocycles. The number of carbonyl (C=O) groups is 3. The Hall–Kier alpha value is -2.99. The van der Waals surface area contributed by atoms with Crippen LogP contribution >= 0.6 is 0 Å². The second-order valence-electron chi connectivity index (χ2n) is 5.47. The zero-order valence-electron chi connectivity index (χ0n) is 12.8. The average molecular weight is 324 g/mol. The molecule has 1 atom stereocenters. The number of carbonyl (C=O) groups excluding carboxylic acids is 3. The van der Waals surface area contributed by atoms with Gasteiger partial charge < -0.3 is 10.4 Å². The summed E-state index contributed by atoms with van der Waals surface area (Å²) in [6.45, 7) is -0.361. The minimum atomic E-state index is -0.850. The van der Waals surface area contributed by atoms with Crippen LogP contribution in [0.5, 0.6) is 0 Å². The highest BCUT2D eigenvalue weighted by Gasteiger charge is 2.36. The van der Waals surface area contributed by atoms with Crippen LogP contribution in [0.2, 0.25) is 0 Å². The third-order valence-electron chi connectivity index (χ3n) is 3.86. The molecule has 1 unspecified atom stereocenters. The van der Waals surface area contributed by atoms with Crippen LogP contribution in [0.4, 0.5) is 0 Å². The number of hydrogen-bond donors (Lipinski definition) is 2. The van der Waals surface area contributed by atoms with Crippen molar-refractivity contribution in [3.63, 3.8) is 0 Å². The molecule has 0 bridgehead atoms. The van der Waals surface area contributed by atoms with Crippen molar-refractivity contribution >= 4 is 17.7 Å². The molecule has 0 saturated heterocycles. The predicted octanol–water partition coefficient (Wildman–Crippen LogP) is 1.13. The van der Waals surface area contributed by atoms with Crippen LogP contribution in [0.1, 0.15) is 32.4 Å². The molecule has 0 aliphatic carbocycles. The summed E-state index contributed by atoms with van der Waals surface area (Å²) in [5.41, 5.74) is 1.29. The summed E-state index contributed by atoms with van der Waals surface area (Å²) in [5.74, 6) is -1.46. The summed E-state index contributed by atoms with van der Waals surface area (Å²) in [6, 6.07) is 15.4. The fourth-order valence-corrected chi connectivity index (χ4v) is 2.59. The predicted molar refractivity (Wildman–Crippen MR) is 86.2 cm³/mol. The second kappa shape index (κ2) is 6.64. The first kappa shape index (κ1) is 15.9. The SMILES string of the molecule is O=C(CN1C(=O)c2ccccc2C1=O)NCC(O)c1ccccc1. The van der Waals surface area contributed by atoms with Gasteiger partial charge in [0.15, 0.2) is 0 Å². The number of imide groups is 1. The number of nitrogens with one attached hydrogen (secondary N) is 1. The van der Waals surface area contributed by atoms with Crippen molar-refractivity contribution in [2.75, 3.05) is 13.1 Å². The Labute approximate surface area is 138 Å². The van der Waals surface area contributed by atoms with Gasteiger partial charge in [-0.05, 0) is 17.7 Å². The van der Waals surface area contributed by atoms with Crippen molar-refractivity contribution < 1.29 is 19.5 Å². The monoisotopic (exact) mass is 324 g/mol. The number of aliphatic hydroxyl groups excluding tert-OH is 1. The van der Waals surface area contributed by atoms with Crippen LogP contribution in [0.3, 0.4) is 0 Å².